The van der Waals surface area contributed by atoms with Gasteiger partial charge in [0.1, 0.15) is 0 Å². The number of hydrogen-bond acceptors (Lipinski definition) is 0. The molecule has 0 radical (unpaired) electrons. The van der Waals surface area contributed by atoms with Crippen LogP contribution in [0.2, 0.25) is 0 Å². The summed E-state index contributed by atoms with van der Waals surface area (Å²) in [5.74, 6) is 6.16. The van der Waals surface area contributed by atoms with Crippen LogP contribution in [-0.2, 0) is 0 Å². The molecule has 0 heteroatoms. The average Bonchev–Trinajstić information content (AvgIpc) is 3.20. The van der Waals surface area contributed by atoms with Crippen LogP contribution in [0.5, 0.6) is 0 Å². The molecule has 0 saturated heterocycles. The Labute approximate surface area is 161 Å². The van der Waals surface area contributed by atoms with Crippen LogP contribution in [0.3, 0.4) is 0 Å². The van der Waals surface area contributed by atoms with E-state index in [0.717, 1.165) is 35.5 Å². The van der Waals surface area contributed by atoms with Gasteiger partial charge in [-0.2, -0.15) is 0 Å². The zero-order chi connectivity index (χ0) is 18.6. The monoisotopic (exact) mass is 350 g/mol. The standard InChI is InChI=1S/C26H38/c1-15-13-17(3)25-21(9-11-23(25)19(15)5)7-8-22-10-12-24-20(6)16(2)14-18(4)26(22)24/h9-12,15-22H,7-8,13-14H2,1-6H3. The van der Waals surface area contributed by atoms with Crippen LogP contribution in [0, 0.1) is 47.3 Å². The maximum Gasteiger partial charge on any atom is -0.00111 e. The Morgan fingerprint density at radius 2 is 1.04 bits per heavy atom. The van der Waals surface area contributed by atoms with Crippen LogP contribution in [-0.4, -0.2) is 0 Å². The Morgan fingerprint density at radius 1 is 0.654 bits per heavy atom. The highest BCUT2D eigenvalue weighted by molar-refractivity contribution is 5.43. The Morgan fingerprint density at radius 3 is 1.42 bits per heavy atom. The maximum absolute atomic E-state index is 2.54. The molecule has 0 amide bonds. The molecule has 0 bridgehead atoms. The van der Waals surface area contributed by atoms with Gasteiger partial charge in [-0.25, -0.2) is 0 Å². The van der Waals surface area contributed by atoms with Crippen molar-refractivity contribution in [2.75, 3.05) is 0 Å². The second kappa shape index (κ2) is 6.84. The normalized spacial score (nSPS) is 44.7. The van der Waals surface area contributed by atoms with Crippen LogP contribution in [0.25, 0.3) is 0 Å². The van der Waals surface area contributed by atoms with Crippen molar-refractivity contribution in [1.29, 1.82) is 0 Å². The molecule has 0 aliphatic heterocycles. The summed E-state index contributed by atoms with van der Waals surface area (Å²) in [6.45, 7) is 14.7. The lowest BCUT2D eigenvalue weighted by atomic mass is 9.69. The van der Waals surface area contributed by atoms with Gasteiger partial charge in [0.2, 0.25) is 0 Å². The van der Waals surface area contributed by atoms with Crippen molar-refractivity contribution < 1.29 is 0 Å². The average molecular weight is 351 g/mol. The van der Waals surface area contributed by atoms with E-state index in [1.807, 2.05) is 0 Å². The molecular formula is C26H38. The van der Waals surface area contributed by atoms with E-state index >= 15 is 0 Å². The lowest BCUT2D eigenvalue weighted by molar-refractivity contribution is 0.317. The first-order chi connectivity index (χ1) is 12.4. The quantitative estimate of drug-likeness (QED) is 0.499. The number of allylic oxidation sites excluding steroid dienone is 8. The summed E-state index contributed by atoms with van der Waals surface area (Å²) in [5.41, 5.74) is 6.98. The topological polar surface area (TPSA) is 0 Å². The highest BCUT2D eigenvalue weighted by atomic mass is 14.4. The van der Waals surface area contributed by atoms with E-state index in [-0.39, 0.29) is 0 Å². The van der Waals surface area contributed by atoms with E-state index in [1.165, 1.54) is 25.7 Å². The predicted molar refractivity (Wildman–Crippen MR) is 113 cm³/mol. The Bertz CT molecular complexity index is 625. The molecule has 0 aromatic carbocycles. The van der Waals surface area contributed by atoms with Gasteiger partial charge in [0.05, 0.1) is 0 Å². The second-order valence-electron chi connectivity index (χ2n) is 10.1. The molecule has 26 heavy (non-hydrogen) atoms. The first-order valence-electron chi connectivity index (χ1n) is 11.2. The molecule has 0 aromatic heterocycles. The molecule has 0 spiro atoms. The van der Waals surface area contributed by atoms with E-state index in [2.05, 4.69) is 65.8 Å². The first-order valence-corrected chi connectivity index (χ1v) is 11.2. The van der Waals surface area contributed by atoms with Gasteiger partial charge in [-0.05, 0) is 84.2 Å². The van der Waals surface area contributed by atoms with Gasteiger partial charge in [-0.15, -0.1) is 0 Å². The van der Waals surface area contributed by atoms with Crippen molar-refractivity contribution in [2.45, 2.75) is 67.2 Å². The van der Waals surface area contributed by atoms with Crippen LogP contribution in [0.1, 0.15) is 67.2 Å². The molecule has 0 fully saturated rings. The van der Waals surface area contributed by atoms with Gasteiger partial charge in [0.15, 0.2) is 0 Å². The van der Waals surface area contributed by atoms with E-state index in [1.54, 1.807) is 22.3 Å². The zero-order valence-corrected chi connectivity index (χ0v) is 17.8. The smallest absolute Gasteiger partial charge is 0.00111 e. The summed E-state index contributed by atoms with van der Waals surface area (Å²) in [4.78, 5) is 0. The third-order valence-electron chi connectivity index (χ3n) is 8.47. The fourth-order valence-electron chi connectivity index (χ4n) is 6.65. The maximum atomic E-state index is 2.54. The zero-order valence-electron chi connectivity index (χ0n) is 17.8. The van der Waals surface area contributed by atoms with Gasteiger partial charge in [-0.1, -0.05) is 77.0 Å². The van der Waals surface area contributed by atoms with Crippen LogP contribution < -0.4 is 0 Å². The van der Waals surface area contributed by atoms with Gasteiger partial charge in [-0.3, -0.25) is 0 Å². The molecule has 142 valence electrons. The van der Waals surface area contributed by atoms with Crippen LogP contribution in [0.4, 0.5) is 0 Å². The number of hydrogen-bond donors (Lipinski definition) is 0. The van der Waals surface area contributed by atoms with E-state index < -0.39 is 0 Å². The van der Waals surface area contributed by atoms with Gasteiger partial charge in [0.25, 0.3) is 0 Å². The molecule has 0 N–H and O–H groups in total. The molecule has 4 aliphatic rings. The van der Waals surface area contributed by atoms with E-state index in [0.29, 0.717) is 11.8 Å². The fourth-order valence-corrected chi connectivity index (χ4v) is 6.65. The van der Waals surface area contributed by atoms with Crippen LogP contribution in [0.15, 0.2) is 46.6 Å². The molecule has 8 atom stereocenters. The summed E-state index contributed by atoms with van der Waals surface area (Å²) < 4.78 is 0. The SMILES string of the molecule is CC1CC(C)C(C)C2=C1C(CCC1C=CC3=C1C(C)CC(C)C3C)C=C2. The summed E-state index contributed by atoms with van der Waals surface area (Å²) in [7, 11) is 0. The minimum Gasteiger partial charge on any atom is -0.0770 e. The largest absolute Gasteiger partial charge is 0.0770 e. The lowest BCUT2D eigenvalue weighted by Crippen LogP contribution is -2.25. The van der Waals surface area contributed by atoms with Crippen molar-refractivity contribution in [3.05, 3.63) is 46.6 Å². The molecular weight excluding hydrogens is 312 g/mol. The van der Waals surface area contributed by atoms with E-state index in [9.17, 15) is 0 Å². The Hall–Kier alpha value is -1.04. The molecule has 0 aromatic rings. The van der Waals surface area contributed by atoms with Crippen molar-refractivity contribution in [3.63, 3.8) is 0 Å². The molecule has 8 unspecified atom stereocenters. The fraction of sp³-hybridized carbons (Fsp3) is 0.692. The Kier molecular flexibility index (Phi) is 4.82. The highest BCUT2D eigenvalue weighted by Gasteiger charge is 2.37. The molecule has 4 aliphatic carbocycles. The third kappa shape index (κ3) is 2.88. The van der Waals surface area contributed by atoms with Crippen molar-refractivity contribution in [1.82, 2.24) is 0 Å². The summed E-state index contributed by atoms with van der Waals surface area (Å²) >= 11 is 0. The Balaban J connectivity index is 1.48. The van der Waals surface area contributed by atoms with E-state index in [4.69, 9.17) is 0 Å². The predicted octanol–water partition coefficient (Wildman–Crippen LogP) is 7.36. The van der Waals surface area contributed by atoms with Crippen molar-refractivity contribution in [2.24, 2.45) is 47.3 Å². The number of rotatable bonds is 3. The molecule has 4 rings (SSSR count). The summed E-state index contributed by atoms with van der Waals surface area (Å²) in [6.07, 6.45) is 15.5. The lowest BCUT2D eigenvalue weighted by Gasteiger charge is -2.36. The van der Waals surface area contributed by atoms with Crippen LogP contribution >= 0.6 is 0 Å². The van der Waals surface area contributed by atoms with Crippen molar-refractivity contribution >= 4 is 0 Å². The first kappa shape index (κ1) is 18.3. The van der Waals surface area contributed by atoms with Crippen molar-refractivity contribution in [3.8, 4) is 0 Å². The summed E-state index contributed by atoms with van der Waals surface area (Å²) in [5, 5.41) is 0. The minimum atomic E-state index is 0.711. The molecule has 0 nitrogen and oxygen atoms in total. The molecule has 0 saturated carbocycles. The minimum absolute atomic E-state index is 0.711. The third-order valence-corrected chi connectivity index (χ3v) is 8.47. The second-order valence-corrected chi connectivity index (χ2v) is 10.1. The van der Waals surface area contributed by atoms with Gasteiger partial charge in [0, 0.05) is 0 Å². The van der Waals surface area contributed by atoms with Gasteiger partial charge < -0.3 is 0 Å². The summed E-state index contributed by atoms with van der Waals surface area (Å²) in [6, 6.07) is 0. The highest BCUT2D eigenvalue weighted by Crippen LogP contribution is 2.49. The van der Waals surface area contributed by atoms with Gasteiger partial charge >= 0.3 is 0 Å². The molecule has 0 heterocycles.